The van der Waals surface area contributed by atoms with Crippen LogP contribution in [0, 0.1) is 12.8 Å². The van der Waals surface area contributed by atoms with Gasteiger partial charge in [-0.25, -0.2) is 0 Å². The number of nitrogens with zero attached hydrogens (tertiary/aromatic N) is 2. The molecular weight excluding hydrogens is 338 g/mol. The minimum atomic E-state index is -0.319. The molecule has 3 rings (SSSR count). The Morgan fingerprint density at radius 3 is 2.78 bits per heavy atom. The lowest BCUT2D eigenvalue weighted by molar-refractivity contribution is -0.126. The summed E-state index contributed by atoms with van der Waals surface area (Å²) in [4.78, 5) is 31.2. The van der Waals surface area contributed by atoms with Crippen LogP contribution in [0.25, 0.3) is 0 Å². The van der Waals surface area contributed by atoms with Crippen molar-refractivity contribution in [3.05, 3.63) is 59.4 Å². The van der Waals surface area contributed by atoms with Crippen LogP contribution < -0.4 is 10.2 Å². The van der Waals surface area contributed by atoms with Gasteiger partial charge < -0.3 is 10.2 Å². The molecule has 1 N–H and O–H groups in total. The highest BCUT2D eigenvalue weighted by Gasteiger charge is 2.36. The average molecular weight is 365 g/mol. The van der Waals surface area contributed by atoms with Gasteiger partial charge in [-0.05, 0) is 42.5 Å². The van der Waals surface area contributed by atoms with Crippen LogP contribution in [0.5, 0.6) is 0 Å². The number of para-hydroxylation sites is 1. The first-order chi connectivity index (χ1) is 13.0. The Bertz CT molecular complexity index is 817. The number of carbonyl (C=O) groups excluding carboxylic acids is 2. The molecule has 0 unspecified atom stereocenters. The van der Waals surface area contributed by atoms with Crippen LogP contribution in [0.2, 0.25) is 0 Å². The summed E-state index contributed by atoms with van der Waals surface area (Å²) in [5.74, 6) is -0.00726. The normalized spacial score (nSPS) is 17.8. The lowest BCUT2D eigenvalue weighted by atomic mass is 9.96. The van der Waals surface area contributed by atoms with Crippen LogP contribution in [0.3, 0.4) is 0 Å². The summed E-state index contributed by atoms with van der Waals surface area (Å²) in [6.45, 7) is 7.10. The Labute approximate surface area is 160 Å². The number of amides is 2. The van der Waals surface area contributed by atoms with Crippen LogP contribution in [-0.4, -0.2) is 23.3 Å². The number of aromatic nitrogens is 1. The number of carbonyl (C=O) groups is 2. The molecular formula is C22H27N3O2. The molecule has 0 aliphatic carbocycles. The Morgan fingerprint density at radius 1 is 1.30 bits per heavy atom. The van der Waals surface area contributed by atoms with Crippen molar-refractivity contribution in [3.8, 4) is 0 Å². The Kier molecular flexibility index (Phi) is 5.89. The molecule has 1 aliphatic heterocycles. The van der Waals surface area contributed by atoms with Crippen molar-refractivity contribution in [1.29, 1.82) is 0 Å². The van der Waals surface area contributed by atoms with E-state index in [1.54, 1.807) is 11.1 Å². The van der Waals surface area contributed by atoms with Gasteiger partial charge in [-0.1, -0.05) is 38.1 Å². The number of nitrogens with one attached hydrogen (secondary N) is 1. The van der Waals surface area contributed by atoms with E-state index in [0.717, 1.165) is 23.4 Å². The molecule has 1 aromatic heterocycles. The predicted molar refractivity (Wildman–Crippen MR) is 106 cm³/mol. The quantitative estimate of drug-likeness (QED) is 0.851. The highest BCUT2D eigenvalue weighted by Crippen LogP contribution is 2.33. The second-order valence-corrected chi connectivity index (χ2v) is 7.30. The maximum atomic E-state index is 12.6. The van der Waals surface area contributed by atoms with Gasteiger partial charge in [0.2, 0.25) is 11.8 Å². The number of aryl methyl sites for hydroxylation is 1. The van der Waals surface area contributed by atoms with Gasteiger partial charge >= 0.3 is 0 Å². The van der Waals surface area contributed by atoms with E-state index in [4.69, 9.17) is 0 Å². The summed E-state index contributed by atoms with van der Waals surface area (Å²) >= 11 is 0. The van der Waals surface area contributed by atoms with Gasteiger partial charge in [0, 0.05) is 37.1 Å². The molecule has 2 amide bonds. The van der Waals surface area contributed by atoms with Gasteiger partial charge in [0.1, 0.15) is 0 Å². The van der Waals surface area contributed by atoms with Crippen LogP contribution in [0.1, 0.15) is 49.4 Å². The molecule has 0 radical (unpaired) electrons. The monoisotopic (exact) mass is 365 g/mol. The van der Waals surface area contributed by atoms with Crippen molar-refractivity contribution in [2.75, 3.05) is 11.4 Å². The van der Waals surface area contributed by atoms with Crippen molar-refractivity contribution in [2.45, 2.75) is 46.1 Å². The maximum Gasteiger partial charge on any atom is 0.227 e. The largest absolute Gasteiger partial charge is 0.352 e. The maximum absolute atomic E-state index is 12.6. The third-order valence-corrected chi connectivity index (χ3v) is 5.31. The predicted octanol–water partition coefficient (Wildman–Crippen LogP) is 3.57. The van der Waals surface area contributed by atoms with Crippen LogP contribution in [0.4, 0.5) is 5.69 Å². The van der Waals surface area contributed by atoms with E-state index in [2.05, 4.69) is 30.2 Å². The zero-order valence-electron chi connectivity index (χ0n) is 16.2. The molecule has 1 aliphatic rings. The van der Waals surface area contributed by atoms with Crippen LogP contribution >= 0.6 is 0 Å². The summed E-state index contributed by atoms with van der Waals surface area (Å²) in [7, 11) is 0. The summed E-state index contributed by atoms with van der Waals surface area (Å²) < 4.78 is 0. The molecule has 2 aromatic rings. The molecule has 2 atom stereocenters. The fourth-order valence-electron chi connectivity index (χ4n) is 3.42. The fourth-order valence-corrected chi connectivity index (χ4v) is 3.42. The minimum Gasteiger partial charge on any atom is -0.352 e. The summed E-state index contributed by atoms with van der Waals surface area (Å²) in [6.07, 6.45) is 3.03. The molecule has 5 nitrogen and oxygen atoms in total. The van der Waals surface area contributed by atoms with Gasteiger partial charge in [0.05, 0.1) is 5.92 Å². The number of anilines is 1. The topological polar surface area (TPSA) is 62.3 Å². The number of hydrogen-bond donors (Lipinski definition) is 1. The number of hydrogen-bond acceptors (Lipinski definition) is 3. The highest BCUT2D eigenvalue weighted by atomic mass is 16.2. The van der Waals surface area contributed by atoms with E-state index in [1.165, 1.54) is 5.56 Å². The Morgan fingerprint density at radius 2 is 2.07 bits per heavy atom. The van der Waals surface area contributed by atoms with Crippen LogP contribution in [0.15, 0.2) is 42.6 Å². The average Bonchev–Trinajstić information content (AvgIpc) is 3.08. The fraction of sp³-hybridized carbons (Fsp3) is 0.409. The molecule has 0 spiro atoms. The van der Waals surface area contributed by atoms with Crippen molar-refractivity contribution >= 4 is 17.5 Å². The van der Waals surface area contributed by atoms with Gasteiger partial charge in [-0.2, -0.15) is 0 Å². The highest BCUT2D eigenvalue weighted by molar-refractivity contribution is 6.00. The molecule has 1 fully saturated rings. The second kappa shape index (κ2) is 8.33. The van der Waals surface area contributed by atoms with Gasteiger partial charge in [-0.15, -0.1) is 0 Å². The summed E-state index contributed by atoms with van der Waals surface area (Å²) in [6, 6.07) is 11.9. The summed E-state index contributed by atoms with van der Waals surface area (Å²) in [5, 5.41) is 2.94. The molecule has 27 heavy (non-hydrogen) atoms. The van der Waals surface area contributed by atoms with E-state index in [1.807, 2.05) is 37.3 Å². The van der Waals surface area contributed by atoms with Gasteiger partial charge in [0.25, 0.3) is 0 Å². The first-order valence-corrected chi connectivity index (χ1v) is 9.58. The number of rotatable bonds is 6. The Hall–Kier alpha value is -2.69. The van der Waals surface area contributed by atoms with E-state index in [9.17, 15) is 9.59 Å². The molecule has 5 heteroatoms. The van der Waals surface area contributed by atoms with Gasteiger partial charge in [0.15, 0.2) is 0 Å². The third-order valence-electron chi connectivity index (χ3n) is 5.31. The van der Waals surface area contributed by atoms with Crippen molar-refractivity contribution in [2.24, 2.45) is 5.92 Å². The standard InChI is InChI=1S/C22H27N3O2/c1-4-15(2)19-7-5-6-8-20(19)25-14-18(11-21(25)26)22(27)24-13-17-10-9-16(3)23-12-17/h5-10,12,15,18H,4,11,13-14H2,1-3H3,(H,24,27)/t15-,18-/m1/s1. The number of pyridine rings is 1. The molecule has 2 heterocycles. The lowest BCUT2D eigenvalue weighted by Gasteiger charge is -2.23. The molecule has 0 bridgehead atoms. The molecule has 1 saturated heterocycles. The molecule has 0 saturated carbocycles. The molecule has 1 aromatic carbocycles. The zero-order valence-corrected chi connectivity index (χ0v) is 16.2. The minimum absolute atomic E-state index is 0.0166. The second-order valence-electron chi connectivity index (χ2n) is 7.30. The smallest absolute Gasteiger partial charge is 0.227 e. The number of benzene rings is 1. The van der Waals surface area contributed by atoms with Crippen molar-refractivity contribution in [1.82, 2.24) is 10.3 Å². The van der Waals surface area contributed by atoms with Crippen molar-refractivity contribution in [3.63, 3.8) is 0 Å². The van der Waals surface area contributed by atoms with E-state index in [-0.39, 0.29) is 24.2 Å². The first-order valence-electron chi connectivity index (χ1n) is 9.58. The zero-order chi connectivity index (χ0) is 19.4. The first kappa shape index (κ1) is 19.1. The third kappa shape index (κ3) is 4.35. The lowest BCUT2D eigenvalue weighted by Crippen LogP contribution is -2.33. The summed E-state index contributed by atoms with van der Waals surface area (Å²) in [5.41, 5.74) is 4.01. The Balaban J connectivity index is 1.67. The van der Waals surface area contributed by atoms with E-state index >= 15 is 0 Å². The van der Waals surface area contributed by atoms with Crippen molar-refractivity contribution < 1.29 is 9.59 Å². The van der Waals surface area contributed by atoms with E-state index < -0.39 is 0 Å². The van der Waals surface area contributed by atoms with E-state index in [0.29, 0.717) is 19.0 Å². The SMILES string of the molecule is CC[C@@H](C)c1ccccc1N1C[C@H](C(=O)NCc2ccc(C)nc2)CC1=O. The molecule has 142 valence electrons. The van der Waals surface area contributed by atoms with Crippen LogP contribution in [-0.2, 0) is 16.1 Å². The van der Waals surface area contributed by atoms with Gasteiger partial charge in [-0.3, -0.25) is 14.6 Å².